The SMILES string of the molecule is CC(C)Nc1ncc(-c2nnc(-c3cc(F)c(OCC4C(C)OC(C)(C)N4C(=O)OC(C)(C)C)cc3Cl)s2)cc1Cl. The van der Waals surface area contributed by atoms with E-state index in [0.717, 1.165) is 0 Å². The number of carbonyl (C=O) groups is 1. The molecule has 1 saturated heterocycles. The van der Waals surface area contributed by atoms with Gasteiger partial charge in [0.25, 0.3) is 0 Å². The Kier molecular flexibility index (Phi) is 9.04. The Morgan fingerprint density at radius 2 is 1.88 bits per heavy atom. The van der Waals surface area contributed by atoms with E-state index in [-0.39, 0.29) is 29.5 Å². The maximum atomic E-state index is 15.3. The second-order valence-corrected chi connectivity index (χ2v) is 13.3. The molecule has 13 heteroatoms. The van der Waals surface area contributed by atoms with Gasteiger partial charge in [-0.1, -0.05) is 34.5 Å². The van der Waals surface area contributed by atoms with Crippen molar-refractivity contribution in [1.82, 2.24) is 20.1 Å². The van der Waals surface area contributed by atoms with E-state index in [4.69, 9.17) is 37.4 Å². The fourth-order valence-electron chi connectivity index (χ4n) is 4.44. The maximum absolute atomic E-state index is 15.3. The van der Waals surface area contributed by atoms with Crippen molar-refractivity contribution < 1.29 is 23.4 Å². The first-order chi connectivity index (χ1) is 19.1. The van der Waals surface area contributed by atoms with Crippen molar-refractivity contribution in [3.8, 4) is 26.9 Å². The van der Waals surface area contributed by atoms with Gasteiger partial charge in [-0.3, -0.25) is 4.90 Å². The molecular weight excluding hydrogens is 592 g/mol. The van der Waals surface area contributed by atoms with Crippen molar-refractivity contribution in [2.45, 2.75) is 84.9 Å². The molecule has 2 unspecified atom stereocenters. The van der Waals surface area contributed by atoms with Crippen LogP contribution in [-0.4, -0.2) is 62.3 Å². The predicted molar refractivity (Wildman–Crippen MR) is 159 cm³/mol. The number of carbonyl (C=O) groups excluding carboxylic acids is 1. The van der Waals surface area contributed by atoms with Gasteiger partial charge < -0.3 is 19.5 Å². The molecule has 1 amide bonds. The van der Waals surface area contributed by atoms with Crippen LogP contribution in [0.25, 0.3) is 21.1 Å². The average molecular weight is 627 g/mol. The molecule has 0 bridgehead atoms. The number of hydrogen-bond donors (Lipinski definition) is 1. The Hall–Kier alpha value is -2.73. The van der Waals surface area contributed by atoms with Gasteiger partial charge >= 0.3 is 6.09 Å². The summed E-state index contributed by atoms with van der Waals surface area (Å²) in [7, 11) is 0. The summed E-state index contributed by atoms with van der Waals surface area (Å²) in [5.41, 5.74) is -0.584. The standard InChI is InChI=1S/C28H34Cl2FN5O4S/c1-14(2)33-23-19(30)9-16(12-32-23)24-34-35-25(41-24)17-10-20(31)22(11-18(17)29)38-13-21-15(3)39-28(7,8)36(21)26(37)40-27(4,5)6/h9-12,14-15,21H,13H2,1-8H3,(H,32,33). The first-order valence-electron chi connectivity index (χ1n) is 13.1. The summed E-state index contributed by atoms with van der Waals surface area (Å²) in [6, 6.07) is 4.05. The number of aromatic nitrogens is 3. The van der Waals surface area contributed by atoms with Gasteiger partial charge in [0.2, 0.25) is 0 Å². The number of amides is 1. The number of halogens is 3. The molecule has 9 nitrogen and oxygen atoms in total. The lowest BCUT2D eigenvalue weighted by molar-refractivity contribution is -0.0760. The Morgan fingerprint density at radius 3 is 2.51 bits per heavy atom. The van der Waals surface area contributed by atoms with Crippen LogP contribution < -0.4 is 10.1 Å². The minimum absolute atomic E-state index is 0.0329. The quantitative estimate of drug-likeness (QED) is 0.285. The highest BCUT2D eigenvalue weighted by atomic mass is 35.5. The monoisotopic (exact) mass is 625 g/mol. The molecule has 1 N–H and O–H groups in total. The van der Waals surface area contributed by atoms with Crippen LogP contribution >= 0.6 is 34.5 Å². The lowest BCUT2D eigenvalue weighted by atomic mass is 10.1. The van der Waals surface area contributed by atoms with E-state index in [9.17, 15) is 4.79 Å². The van der Waals surface area contributed by atoms with E-state index in [1.807, 2.05) is 20.8 Å². The van der Waals surface area contributed by atoms with Crippen molar-refractivity contribution in [2.75, 3.05) is 11.9 Å². The topological polar surface area (TPSA) is 98.7 Å². The number of rotatable bonds is 7. The third kappa shape index (κ3) is 7.20. The van der Waals surface area contributed by atoms with Crippen LogP contribution in [0.15, 0.2) is 24.4 Å². The molecule has 3 heterocycles. The van der Waals surface area contributed by atoms with E-state index >= 15 is 4.39 Å². The minimum atomic E-state index is -0.934. The highest BCUT2D eigenvalue weighted by molar-refractivity contribution is 7.18. The number of benzene rings is 1. The van der Waals surface area contributed by atoms with Crippen molar-refractivity contribution in [3.63, 3.8) is 0 Å². The van der Waals surface area contributed by atoms with Crippen LogP contribution in [0.4, 0.5) is 15.0 Å². The smallest absolute Gasteiger partial charge is 0.413 e. The fourth-order valence-corrected chi connectivity index (χ4v) is 5.81. The Balaban J connectivity index is 1.51. The molecule has 41 heavy (non-hydrogen) atoms. The molecule has 0 saturated carbocycles. The van der Waals surface area contributed by atoms with Crippen LogP contribution in [0, 0.1) is 5.82 Å². The molecule has 0 aliphatic carbocycles. The second kappa shape index (κ2) is 11.9. The molecule has 3 aromatic rings. The third-order valence-electron chi connectivity index (χ3n) is 6.12. The van der Waals surface area contributed by atoms with Gasteiger partial charge in [0.1, 0.15) is 33.8 Å². The van der Waals surface area contributed by atoms with Crippen LogP contribution in [0.5, 0.6) is 5.75 Å². The van der Waals surface area contributed by atoms with Crippen LogP contribution in [0.2, 0.25) is 10.0 Å². The zero-order valence-electron chi connectivity index (χ0n) is 24.2. The van der Waals surface area contributed by atoms with Gasteiger partial charge in [0.05, 0.1) is 22.2 Å². The Bertz CT molecular complexity index is 1430. The van der Waals surface area contributed by atoms with E-state index < -0.39 is 29.3 Å². The van der Waals surface area contributed by atoms with Gasteiger partial charge in [-0.25, -0.2) is 14.2 Å². The molecule has 2 aromatic heterocycles. The first kappa shape index (κ1) is 31.2. The summed E-state index contributed by atoms with van der Waals surface area (Å²) in [5, 5.41) is 13.3. The van der Waals surface area contributed by atoms with E-state index in [2.05, 4.69) is 20.5 Å². The largest absolute Gasteiger partial charge is 0.488 e. The van der Waals surface area contributed by atoms with Gasteiger partial charge in [-0.15, -0.1) is 10.2 Å². The van der Waals surface area contributed by atoms with Crippen LogP contribution in [0.3, 0.4) is 0 Å². The molecule has 1 aromatic carbocycles. The van der Waals surface area contributed by atoms with Gasteiger partial charge in [0, 0.05) is 29.4 Å². The molecule has 1 aliphatic rings. The predicted octanol–water partition coefficient (Wildman–Crippen LogP) is 7.67. The molecule has 1 aliphatic heterocycles. The molecule has 1 fully saturated rings. The Labute approximate surface area is 253 Å². The number of nitrogens with zero attached hydrogens (tertiary/aromatic N) is 4. The van der Waals surface area contributed by atoms with Gasteiger partial charge in [-0.05, 0) is 67.5 Å². The number of hydrogen-bond acceptors (Lipinski definition) is 9. The van der Waals surface area contributed by atoms with Crippen molar-refractivity contribution in [1.29, 1.82) is 0 Å². The molecule has 4 rings (SSSR count). The van der Waals surface area contributed by atoms with Crippen LogP contribution in [-0.2, 0) is 9.47 Å². The van der Waals surface area contributed by atoms with Gasteiger partial charge in [-0.2, -0.15) is 0 Å². The second-order valence-electron chi connectivity index (χ2n) is 11.5. The lowest BCUT2D eigenvalue weighted by Gasteiger charge is -2.35. The third-order valence-corrected chi connectivity index (χ3v) is 7.72. The van der Waals surface area contributed by atoms with Crippen molar-refractivity contribution in [3.05, 3.63) is 40.3 Å². The normalized spacial score (nSPS) is 18.6. The zero-order chi connectivity index (χ0) is 30.3. The lowest BCUT2D eigenvalue weighted by Crippen LogP contribution is -2.52. The summed E-state index contributed by atoms with van der Waals surface area (Å²) in [6.07, 6.45) is 0.729. The summed E-state index contributed by atoms with van der Waals surface area (Å²) in [5.74, 6) is -0.120. The summed E-state index contributed by atoms with van der Waals surface area (Å²) >= 11 is 14.2. The van der Waals surface area contributed by atoms with E-state index in [1.54, 1.807) is 46.9 Å². The van der Waals surface area contributed by atoms with E-state index in [1.165, 1.54) is 28.4 Å². The fraction of sp³-hybridized carbons (Fsp3) is 0.500. The zero-order valence-corrected chi connectivity index (χ0v) is 26.5. The van der Waals surface area contributed by atoms with E-state index in [0.29, 0.717) is 32.0 Å². The molecular formula is C28H34Cl2FN5O4S. The highest BCUT2D eigenvalue weighted by Gasteiger charge is 2.50. The number of anilines is 1. The summed E-state index contributed by atoms with van der Waals surface area (Å²) in [4.78, 5) is 18.9. The Morgan fingerprint density at radius 1 is 1.20 bits per heavy atom. The van der Waals surface area contributed by atoms with Gasteiger partial charge in [0.15, 0.2) is 11.6 Å². The summed E-state index contributed by atoms with van der Waals surface area (Å²) < 4.78 is 32.7. The van der Waals surface area contributed by atoms with Crippen molar-refractivity contribution >= 4 is 46.4 Å². The highest BCUT2D eigenvalue weighted by Crippen LogP contribution is 2.39. The molecule has 0 radical (unpaired) electrons. The number of ether oxygens (including phenoxy) is 3. The number of nitrogens with one attached hydrogen (secondary N) is 1. The maximum Gasteiger partial charge on any atom is 0.413 e. The van der Waals surface area contributed by atoms with Crippen LogP contribution in [0.1, 0.15) is 55.4 Å². The van der Waals surface area contributed by atoms with Crippen molar-refractivity contribution in [2.24, 2.45) is 0 Å². The molecule has 2 atom stereocenters. The first-order valence-corrected chi connectivity index (χ1v) is 14.7. The molecule has 0 spiro atoms. The minimum Gasteiger partial charge on any atom is -0.488 e. The summed E-state index contributed by atoms with van der Waals surface area (Å²) in [6.45, 7) is 14.7. The number of pyridine rings is 1. The average Bonchev–Trinajstić information content (AvgIpc) is 3.41. The molecule has 222 valence electrons.